The highest BCUT2D eigenvalue weighted by molar-refractivity contribution is 7.92. The molecule has 1 N–H and O–H groups in total. The molecule has 148 valence electrons. The summed E-state index contributed by atoms with van der Waals surface area (Å²) in [6, 6.07) is 3.59. The average Bonchev–Trinajstić information content (AvgIpc) is 2.56. The number of anilines is 1. The van der Waals surface area contributed by atoms with Crippen molar-refractivity contribution >= 4 is 44.8 Å². The highest BCUT2D eigenvalue weighted by Gasteiger charge is 2.30. The van der Waals surface area contributed by atoms with Crippen molar-refractivity contribution in [3.05, 3.63) is 28.2 Å². The predicted molar refractivity (Wildman–Crippen MR) is 110 cm³/mol. The van der Waals surface area contributed by atoms with Crippen LogP contribution in [0.2, 0.25) is 10.0 Å². The Bertz CT molecular complexity index is 710. The fourth-order valence-corrected chi connectivity index (χ4v) is 4.38. The molecule has 0 bridgehead atoms. The van der Waals surface area contributed by atoms with Crippen LogP contribution < -0.4 is 9.62 Å². The van der Waals surface area contributed by atoms with Crippen molar-refractivity contribution < 1.29 is 13.2 Å². The van der Waals surface area contributed by atoms with Crippen LogP contribution in [0.3, 0.4) is 0 Å². The molecule has 0 saturated carbocycles. The number of benzene rings is 1. The molecule has 1 rings (SSSR count). The second-order valence-electron chi connectivity index (χ2n) is 6.49. The number of hydrogen-bond acceptors (Lipinski definition) is 3. The zero-order valence-corrected chi connectivity index (χ0v) is 18.1. The summed E-state index contributed by atoms with van der Waals surface area (Å²) in [6.07, 6.45) is 5.26. The van der Waals surface area contributed by atoms with E-state index < -0.39 is 16.1 Å². The maximum Gasteiger partial charge on any atom is 0.243 e. The summed E-state index contributed by atoms with van der Waals surface area (Å²) in [7, 11) is -3.73. The van der Waals surface area contributed by atoms with Crippen molar-refractivity contribution in [2.45, 2.75) is 52.5 Å². The Labute approximate surface area is 167 Å². The molecule has 0 aliphatic rings. The van der Waals surface area contributed by atoms with Gasteiger partial charge in [0.15, 0.2) is 0 Å². The lowest BCUT2D eigenvalue weighted by atomic mass is 9.99. The molecular formula is C18H28Cl2N2O3S. The van der Waals surface area contributed by atoms with Crippen molar-refractivity contribution in [1.82, 2.24) is 5.32 Å². The molecule has 0 aromatic heterocycles. The Kier molecular flexibility index (Phi) is 9.21. The minimum atomic E-state index is -3.73. The lowest BCUT2D eigenvalue weighted by Gasteiger charge is -2.29. The van der Waals surface area contributed by atoms with Crippen molar-refractivity contribution in [3.8, 4) is 0 Å². The quantitative estimate of drug-likeness (QED) is 0.604. The molecule has 0 aliphatic carbocycles. The van der Waals surface area contributed by atoms with E-state index in [-0.39, 0.29) is 16.6 Å². The first-order valence-corrected chi connectivity index (χ1v) is 11.4. The number of sulfonamides is 1. The van der Waals surface area contributed by atoms with Gasteiger partial charge in [0.25, 0.3) is 0 Å². The minimum absolute atomic E-state index is 0.197. The normalized spacial score (nSPS) is 13.9. The van der Waals surface area contributed by atoms with Gasteiger partial charge in [0.2, 0.25) is 15.9 Å². The van der Waals surface area contributed by atoms with Gasteiger partial charge in [-0.3, -0.25) is 9.10 Å². The summed E-state index contributed by atoms with van der Waals surface area (Å²) < 4.78 is 25.7. The summed E-state index contributed by atoms with van der Waals surface area (Å²) in [5, 5.41) is 3.44. The van der Waals surface area contributed by atoms with Gasteiger partial charge in [-0.15, -0.1) is 0 Å². The molecule has 0 radical (unpaired) electrons. The molecule has 1 aromatic carbocycles. The van der Waals surface area contributed by atoms with Crippen LogP contribution in [-0.2, 0) is 14.8 Å². The van der Waals surface area contributed by atoms with Gasteiger partial charge in [0.05, 0.1) is 17.0 Å². The first-order chi connectivity index (χ1) is 12.1. The van der Waals surface area contributed by atoms with Crippen LogP contribution in [0.4, 0.5) is 5.69 Å². The van der Waals surface area contributed by atoms with E-state index in [1.54, 1.807) is 13.0 Å². The number of carbonyl (C=O) groups excluding carboxylic acids is 1. The van der Waals surface area contributed by atoms with E-state index in [0.717, 1.165) is 36.2 Å². The summed E-state index contributed by atoms with van der Waals surface area (Å²) in [5.41, 5.74) is 0.197. The first-order valence-electron chi connectivity index (χ1n) is 8.83. The number of hydrogen-bond donors (Lipinski definition) is 1. The van der Waals surface area contributed by atoms with Crippen LogP contribution in [-0.4, -0.2) is 33.2 Å². The highest BCUT2D eigenvalue weighted by atomic mass is 35.5. The topological polar surface area (TPSA) is 66.5 Å². The third-order valence-corrected chi connectivity index (χ3v) is 6.12. The van der Waals surface area contributed by atoms with Gasteiger partial charge in [0, 0.05) is 11.6 Å². The lowest BCUT2D eigenvalue weighted by molar-refractivity contribution is -0.122. The Morgan fingerprint density at radius 2 is 1.92 bits per heavy atom. The van der Waals surface area contributed by atoms with Gasteiger partial charge >= 0.3 is 0 Å². The smallest absolute Gasteiger partial charge is 0.243 e. The average molecular weight is 423 g/mol. The van der Waals surface area contributed by atoms with E-state index in [1.807, 2.05) is 0 Å². The Hall–Kier alpha value is -0.980. The number of carbonyl (C=O) groups is 1. The lowest BCUT2D eigenvalue weighted by Crippen LogP contribution is -2.48. The largest absolute Gasteiger partial charge is 0.354 e. The van der Waals surface area contributed by atoms with Crippen LogP contribution in [0.5, 0.6) is 0 Å². The Morgan fingerprint density at radius 3 is 2.46 bits per heavy atom. The summed E-state index contributed by atoms with van der Waals surface area (Å²) in [5.74, 6) is 0.0222. The molecule has 8 heteroatoms. The number of unbranched alkanes of at least 4 members (excludes halogenated alkanes) is 1. The minimum Gasteiger partial charge on any atom is -0.354 e. The summed E-state index contributed by atoms with van der Waals surface area (Å²) in [6.45, 7) is 6.29. The van der Waals surface area contributed by atoms with Crippen LogP contribution in [0.15, 0.2) is 18.2 Å². The molecule has 2 atom stereocenters. The van der Waals surface area contributed by atoms with Gasteiger partial charge in [-0.05, 0) is 37.5 Å². The number of halogens is 2. The highest BCUT2D eigenvalue weighted by Crippen LogP contribution is 2.32. The van der Waals surface area contributed by atoms with Crippen molar-refractivity contribution in [2.24, 2.45) is 5.92 Å². The fraction of sp³-hybridized carbons (Fsp3) is 0.611. The van der Waals surface area contributed by atoms with Gasteiger partial charge in [0.1, 0.15) is 6.04 Å². The van der Waals surface area contributed by atoms with E-state index in [1.165, 1.54) is 12.1 Å². The van der Waals surface area contributed by atoms with E-state index in [9.17, 15) is 13.2 Å². The zero-order chi connectivity index (χ0) is 19.9. The van der Waals surface area contributed by atoms with Gasteiger partial charge in [-0.2, -0.15) is 0 Å². The molecule has 1 aromatic rings. The van der Waals surface area contributed by atoms with Crippen molar-refractivity contribution in [1.29, 1.82) is 0 Å². The number of nitrogens with zero attached hydrogens (tertiary/aromatic N) is 1. The summed E-state index contributed by atoms with van der Waals surface area (Å²) in [4.78, 5) is 12.6. The van der Waals surface area contributed by atoms with Gasteiger partial charge < -0.3 is 5.32 Å². The number of nitrogens with one attached hydrogen (secondary N) is 1. The van der Waals surface area contributed by atoms with Crippen LogP contribution in [0.25, 0.3) is 0 Å². The first kappa shape index (κ1) is 23.1. The van der Waals surface area contributed by atoms with E-state index in [4.69, 9.17) is 23.2 Å². The number of amides is 1. The van der Waals surface area contributed by atoms with Crippen molar-refractivity contribution in [3.63, 3.8) is 0 Å². The molecule has 26 heavy (non-hydrogen) atoms. The van der Waals surface area contributed by atoms with Crippen LogP contribution in [0, 0.1) is 5.92 Å². The third kappa shape index (κ3) is 6.63. The van der Waals surface area contributed by atoms with Crippen LogP contribution >= 0.6 is 23.2 Å². The molecule has 0 spiro atoms. The van der Waals surface area contributed by atoms with E-state index in [2.05, 4.69) is 19.2 Å². The monoisotopic (exact) mass is 422 g/mol. The molecule has 0 fully saturated rings. The molecular weight excluding hydrogens is 395 g/mol. The van der Waals surface area contributed by atoms with Gasteiger partial charge in [-0.1, -0.05) is 56.3 Å². The third-order valence-electron chi connectivity index (χ3n) is 4.34. The zero-order valence-electron chi connectivity index (χ0n) is 15.8. The SMILES string of the molecule is CCCCC(CC)CNC(=O)C(C)N(c1cc(Cl)ccc1Cl)S(C)(=O)=O. The maximum atomic E-state index is 12.6. The molecule has 2 unspecified atom stereocenters. The molecule has 0 heterocycles. The summed E-state index contributed by atoms with van der Waals surface area (Å²) >= 11 is 12.1. The molecule has 5 nitrogen and oxygen atoms in total. The standard InChI is InChI=1S/C18H28Cl2N2O3S/c1-5-7-8-14(6-2)12-21-18(23)13(3)22(26(4,24)25)17-11-15(19)9-10-16(17)20/h9-11,13-14H,5-8,12H2,1-4H3,(H,21,23). The predicted octanol–water partition coefficient (Wildman–Crippen LogP) is 4.48. The fourth-order valence-electron chi connectivity index (χ4n) is 2.77. The second-order valence-corrected chi connectivity index (χ2v) is 9.20. The Balaban J connectivity index is 2.98. The number of rotatable bonds is 10. The van der Waals surface area contributed by atoms with Crippen molar-refractivity contribution in [2.75, 3.05) is 17.1 Å². The molecule has 1 amide bonds. The second kappa shape index (κ2) is 10.4. The maximum absolute atomic E-state index is 12.6. The molecule has 0 saturated heterocycles. The van der Waals surface area contributed by atoms with Crippen LogP contribution in [0.1, 0.15) is 46.5 Å². The Morgan fingerprint density at radius 1 is 1.27 bits per heavy atom. The van der Waals surface area contributed by atoms with E-state index in [0.29, 0.717) is 17.5 Å². The molecule has 0 aliphatic heterocycles. The van der Waals surface area contributed by atoms with Gasteiger partial charge in [-0.25, -0.2) is 8.42 Å². The van der Waals surface area contributed by atoms with E-state index >= 15 is 0 Å².